The van der Waals surface area contributed by atoms with Crippen LogP contribution < -0.4 is 4.74 Å². The molecule has 1 heterocycles. The van der Waals surface area contributed by atoms with Gasteiger partial charge in [-0.15, -0.1) is 0 Å². The molecule has 0 aliphatic heterocycles. The Labute approximate surface area is 131 Å². The topological polar surface area (TPSA) is 82.3 Å². The number of aromatic nitrogens is 1. The minimum absolute atomic E-state index is 0.183. The van der Waals surface area contributed by atoms with Crippen molar-refractivity contribution < 1.29 is 32.0 Å². The van der Waals surface area contributed by atoms with Gasteiger partial charge in [0.15, 0.2) is 11.6 Å². The summed E-state index contributed by atoms with van der Waals surface area (Å²) >= 11 is 0. The number of halogens is 4. The average Bonchev–Trinajstić information content (AvgIpc) is 2.47. The number of Topliss-reactive ketones (excluding diaryl/α,β-unsaturated/α-hetero) is 1. The minimum atomic E-state index is -4.76. The number of hydrogen-bond donors (Lipinski definition) is 0. The largest absolute Gasteiger partial charge is 0.436 e. The van der Waals surface area contributed by atoms with E-state index in [9.17, 15) is 32.5 Å². The molecule has 0 aliphatic carbocycles. The molecule has 1 aromatic carbocycles. The molecule has 24 heavy (non-hydrogen) atoms. The Hall–Kier alpha value is -3.04. The molecule has 0 spiro atoms. The number of carbonyl (C=O) groups excluding carboxylic acids is 1. The van der Waals surface area contributed by atoms with E-state index in [4.69, 9.17) is 4.74 Å². The Kier molecular flexibility index (Phi) is 4.49. The molecule has 0 saturated heterocycles. The van der Waals surface area contributed by atoms with Crippen molar-refractivity contribution in [3.63, 3.8) is 0 Å². The van der Waals surface area contributed by atoms with Gasteiger partial charge in [-0.05, 0) is 25.1 Å². The zero-order chi connectivity index (χ0) is 18.1. The van der Waals surface area contributed by atoms with Crippen LogP contribution in [0, 0.1) is 15.9 Å². The maximum Gasteiger partial charge on any atom is 0.417 e. The molecule has 0 saturated carbocycles. The number of benzene rings is 1. The van der Waals surface area contributed by atoms with E-state index < -0.39 is 39.8 Å². The van der Waals surface area contributed by atoms with Crippen LogP contribution in [0.1, 0.15) is 22.8 Å². The number of alkyl halides is 3. The van der Waals surface area contributed by atoms with Gasteiger partial charge in [0.05, 0.1) is 16.1 Å². The monoisotopic (exact) mass is 344 g/mol. The van der Waals surface area contributed by atoms with Crippen molar-refractivity contribution in [2.75, 3.05) is 0 Å². The predicted molar refractivity (Wildman–Crippen MR) is 72.4 cm³/mol. The molecule has 0 N–H and O–H groups in total. The van der Waals surface area contributed by atoms with Gasteiger partial charge in [0.1, 0.15) is 5.75 Å². The smallest absolute Gasteiger partial charge is 0.417 e. The molecule has 6 nitrogen and oxygen atoms in total. The van der Waals surface area contributed by atoms with Gasteiger partial charge in [-0.3, -0.25) is 14.9 Å². The molecular weight excluding hydrogens is 336 g/mol. The van der Waals surface area contributed by atoms with Gasteiger partial charge in [-0.2, -0.15) is 13.2 Å². The second kappa shape index (κ2) is 6.22. The summed E-state index contributed by atoms with van der Waals surface area (Å²) in [7, 11) is 0. The zero-order valence-electron chi connectivity index (χ0n) is 11.9. The zero-order valence-corrected chi connectivity index (χ0v) is 11.9. The van der Waals surface area contributed by atoms with Crippen molar-refractivity contribution in [2.24, 2.45) is 0 Å². The van der Waals surface area contributed by atoms with E-state index in [-0.39, 0.29) is 17.4 Å². The summed E-state index contributed by atoms with van der Waals surface area (Å²) in [6.45, 7) is 1.09. The Morgan fingerprint density at radius 2 is 1.96 bits per heavy atom. The first-order chi connectivity index (χ1) is 11.1. The standard InChI is InChI=1S/C14H8F4N2O4/c1-7(21)10-5-9(2-3-12(10)20(22)23)24-13-11(15)4-8(6-19-13)14(16,17)18/h2-6H,1H3. The summed E-state index contributed by atoms with van der Waals surface area (Å²) in [5, 5.41) is 10.8. The van der Waals surface area contributed by atoms with Crippen molar-refractivity contribution in [2.45, 2.75) is 13.1 Å². The number of hydrogen-bond acceptors (Lipinski definition) is 5. The Morgan fingerprint density at radius 3 is 2.46 bits per heavy atom. The van der Waals surface area contributed by atoms with Gasteiger partial charge in [0.2, 0.25) is 0 Å². The van der Waals surface area contributed by atoms with Crippen molar-refractivity contribution in [3.8, 4) is 11.6 Å². The van der Waals surface area contributed by atoms with Crippen LogP contribution in [0.5, 0.6) is 11.6 Å². The number of nitrogens with zero attached hydrogens (tertiary/aromatic N) is 2. The van der Waals surface area contributed by atoms with Gasteiger partial charge >= 0.3 is 6.18 Å². The number of carbonyl (C=O) groups is 1. The van der Waals surface area contributed by atoms with Crippen LogP contribution in [0.2, 0.25) is 0 Å². The molecule has 10 heteroatoms. The maximum atomic E-state index is 13.7. The average molecular weight is 344 g/mol. The van der Waals surface area contributed by atoms with E-state index in [0.29, 0.717) is 6.20 Å². The van der Waals surface area contributed by atoms with Gasteiger partial charge < -0.3 is 4.74 Å². The summed E-state index contributed by atoms with van der Waals surface area (Å²) in [6.07, 6.45) is -4.38. The number of nitro groups is 1. The fraction of sp³-hybridized carbons (Fsp3) is 0.143. The Morgan fingerprint density at radius 1 is 1.29 bits per heavy atom. The first-order valence-corrected chi connectivity index (χ1v) is 6.29. The van der Waals surface area contributed by atoms with Crippen molar-refractivity contribution in [1.82, 2.24) is 4.98 Å². The number of rotatable bonds is 4. The fourth-order valence-electron chi connectivity index (χ4n) is 1.79. The van der Waals surface area contributed by atoms with E-state index in [1.54, 1.807) is 0 Å². The van der Waals surface area contributed by atoms with Crippen molar-refractivity contribution >= 4 is 11.5 Å². The lowest BCUT2D eigenvalue weighted by molar-refractivity contribution is -0.385. The van der Waals surface area contributed by atoms with Gasteiger partial charge in [-0.25, -0.2) is 9.37 Å². The molecule has 0 atom stereocenters. The lowest BCUT2D eigenvalue weighted by atomic mass is 10.1. The predicted octanol–water partition coefficient (Wildman–Crippen LogP) is 4.14. The van der Waals surface area contributed by atoms with E-state index in [1.165, 1.54) is 0 Å². The molecule has 0 unspecified atom stereocenters. The molecule has 2 rings (SSSR count). The maximum absolute atomic E-state index is 13.7. The second-order valence-corrected chi connectivity index (χ2v) is 4.60. The Bertz CT molecular complexity index is 821. The highest BCUT2D eigenvalue weighted by atomic mass is 19.4. The van der Waals surface area contributed by atoms with Crippen LogP contribution in [-0.2, 0) is 6.18 Å². The molecule has 2 aromatic rings. The summed E-state index contributed by atoms with van der Waals surface area (Å²) in [6, 6.07) is 3.23. The molecule has 0 radical (unpaired) electrons. The number of nitro benzene ring substituents is 1. The third-order valence-electron chi connectivity index (χ3n) is 2.89. The van der Waals surface area contributed by atoms with Gasteiger partial charge in [0, 0.05) is 12.3 Å². The van der Waals surface area contributed by atoms with E-state index in [0.717, 1.165) is 25.1 Å². The highest BCUT2D eigenvalue weighted by molar-refractivity contribution is 5.98. The fourth-order valence-corrected chi connectivity index (χ4v) is 1.79. The first kappa shape index (κ1) is 17.3. The lowest BCUT2D eigenvalue weighted by Gasteiger charge is -2.10. The third kappa shape index (κ3) is 3.65. The quantitative estimate of drug-likeness (QED) is 0.360. The molecule has 1 aromatic heterocycles. The highest BCUT2D eigenvalue weighted by Crippen LogP contribution is 2.32. The number of ketones is 1. The SMILES string of the molecule is CC(=O)c1cc(Oc2ncc(C(F)(F)F)cc2F)ccc1[N+](=O)[O-]. The van der Waals surface area contributed by atoms with Crippen LogP contribution in [0.3, 0.4) is 0 Å². The van der Waals surface area contributed by atoms with E-state index in [2.05, 4.69) is 4.98 Å². The summed E-state index contributed by atoms with van der Waals surface area (Å²) in [4.78, 5) is 24.7. The number of ether oxygens (including phenoxy) is 1. The van der Waals surface area contributed by atoms with E-state index >= 15 is 0 Å². The van der Waals surface area contributed by atoms with Crippen LogP contribution in [0.25, 0.3) is 0 Å². The molecular formula is C14H8F4N2O4. The van der Waals surface area contributed by atoms with Crippen LogP contribution in [-0.4, -0.2) is 15.7 Å². The highest BCUT2D eigenvalue weighted by Gasteiger charge is 2.32. The van der Waals surface area contributed by atoms with Crippen LogP contribution in [0.15, 0.2) is 30.5 Å². The minimum Gasteiger partial charge on any atom is -0.436 e. The molecule has 0 bridgehead atoms. The van der Waals surface area contributed by atoms with Crippen LogP contribution in [0.4, 0.5) is 23.2 Å². The molecule has 0 amide bonds. The molecule has 126 valence electrons. The van der Waals surface area contributed by atoms with Crippen LogP contribution >= 0.6 is 0 Å². The summed E-state index contributed by atoms with van der Waals surface area (Å²) in [5.74, 6) is -2.94. The summed E-state index contributed by atoms with van der Waals surface area (Å²) < 4.78 is 56.0. The number of pyridine rings is 1. The van der Waals surface area contributed by atoms with Crippen molar-refractivity contribution in [1.29, 1.82) is 0 Å². The summed E-state index contributed by atoms with van der Waals surface area (Å²) in [5.41, 5.74) is -2.05. The normalized spacial score (nSPS) is 11.2. The van der Waals surface area contributed by atoms with Gasteiger partial charge in [-0.1, -0.05) is 0 Å². The molecule has 0 fully saturated rings. The third-order valence-corrected chi connectivity index (χ3v) is 2.89. The second-order valence-electron chi connectivity index (χ2n) is 4.60. The first-order valence-electron chi connectivity index (χ1n) is 6.29. The Balaban J connectivity index is 2.37. The molecule has 0 aliphatic rings. The van der Waals surface area contributed by atoms with E-state index in [1.807, 2.05) is 0 Å². The van der Waals surface area contributed by atoms with Gasteiger partial charge in [0.25, 0.3) is 11.6 Å². The van der Waals surface area contributed by atoms with Crippen molar-refractivity contribution in [3.05, 3.63) is 57.5 Å². The lowest BCUT2D eigenvalue weighted by Crippen LogP contribution is -2.07.